The first-order valence-electron chi connectivity index (χ1n) is 13.7. The fourth-order valence-electron chi connectivity index (χ4n) is 9.55. The van der Waals surface area contributed by atoms with Crippen LogP contribution in [0.15, 0.2) is 0 Å². The fourth-order valence-corrected chi connectivity index (χ4v) is 9.95. The van der Waals surface area contributed by atoms with Crippen LogP contribution in [0.1, 0.15) is 111 Å². The molecule has 0 aromatic heterocycles. The summed E-state index contributed by atoms with van der Waals surface area (Å²) in [6.45, 7) is 9.90. The van der Waals surface area contributed by atoms with Crippen molar-refractivity contribution in [3.05, 3.63) is 0 Å². The van der Waals surface area contributed by atoms with E-state index in [1.807, 2.05) is 6.92 Å². The van der Waals surface area contributed by atoms with Crippen molar-refractivity contribution in [3.8, 4) is 0 Å². The molecule has 0 aromatic rings. The summed E-state index contributed by atoms with van der Waals surface area (Å²) in [6.07, 6.45) is 18.0. The van der Waals surface area contributed by atoms with E-state index in [0.29, 0.717) is 10.8 Å². The van der Waals surface area contributed by atoms with Crippen molar-refractivity contribution in [2.75, 3.05) is 6.61 Å². The Bertz CT molecular complexity index is 751. The van der Waals surface area contributed by atoms with Gasteiger partial charge in [0.1, 0.15) is 0 Å². The van der Waals surface area contributed by atoms with Gasteiger partial charge in [-0.1, -0.05) is 53.4 Å². The van der Waals surface area contributed by atoms with Crippen molar-refractivity contribution in [2.45, 2.75) is 111 Å². The maximum absolute atomic E-state index is 10.8. The van der Waals surface area contributed by atoms with Crippen molar-refractivity contribution in [1.29, 1.82) is 0 Å². The van der Waals surface area contributed by atoms with Crippen LogP contribution in [0.3, 0.4) is 0 Å². The summed E-state index contributed by atoms with van der Waals surface area (Å²) < 4.78 is 34.9. The van der Waals surface area contributed by atoms with E-state index < -0.39 is 10.4 Å². The van der Waals surface area contributed by atoms with Crippen LogP contribution in [0.4, 0.5) is 0 Å². The highest BCUT2D eigenvalue weighted by atomic mass is 32.3. The Hall–Kier alpha value is -0.130. The largest absolute Gasteiger partial charge is 0.397 e. The van der Waals surface area contributed by atoms with E-state index in [4.69, 9.17) is 4.55 Å². The molecule has 1 N–H and O–H groups in total. The molecule has 4 rings (SSSR count). The van der Waals surface area contributed by atoms with E-state index in [-0.39, 0.29) is 12.5 Å². The van der Waals surface area contributed by atoms with Crippen molar-refractivity contribution in [3.63, 3.8) is 0 Å². The highest BCUT2D eigenvalue weighted by Gasteiger charge is 2.60. The summed E-state index contributed by atoms with van der Waals surface area (Å²) in [5.74, 6) is 5.63. The lowest BCUT2D eigenvalue weighted by Crippen LogP contribution is -2.53. The molecular formula is C27H48O4S. The predicted molar refractivity (Wildman–Crippen MR) is 130 cm³/mol. The molecule has 186 valence electrons. The van der Waals surface area contributed by atoms with Gasteiger partial charge in [0.25, 0.3) is 0 Å². The Morgan fingerprint density at radius 1 is 0.906 bits per heavy atom. The highest BCUT2D eigenvalue weighted by molar-refractivity contribution is 7.80. The quantitative estimate of drug-likeness (QED) is 0.380. The van der Waals surface area contributed by atoms with Gasteiger partial charge in [-0.05, 0) is 110 Å². The third-order valence-corrected chi connectivity index (χ3v) is 11.6. The minimum Gasteiger partial charge on any atom is -0.264 e. The van der Waals surface area contributed by atoms with Gasteiger partial charge in [0, 0.05) is 0 Å². The first kappa shape index (κ1) is 25.0. The summed E-state index contributed by atoms with van der Waals surface area (Å²) in [4.78, 5) is 0. The van der Waals surface area contributed by atoms with Crippen LogP contribution in [0.2, 0.25) is 0 Å². The molecule has 4 fully saturated rings. The van der Waals surface area contributed by atoms with E-state index >= 15 is 0 Å². The standard InChI is InChI=1S/C27H48O4S/c1-19(18-31-32(28,29)30)8-7-9-20(2)23-13-14-24-22-12-11-21-10-5-6-16-26(21,3)25(22)15-17-27(23,24)4/h19-25H,5-18H2,1-4H3,(H,28,29,30)/t19?,20-,21?,22+,23-,24+,25+,26+,27-/m1/s1. The third-order valence-electron chi connectivity index (χ3n) is 11.2. The zero-order chi connectivity index (χ0) is 23.1. The van der Waals surface area contributed by atoms with Crippen LogP contribution in [0.5, 0.6) is 0 Å². The molecule has 0 radical (unpaired) electrons. The van der Waals surface area contributed by atoms with E-state index in [0.717, 1.165) is 48.3 Å². The third kappa shape index (κ3) is 4.82. The van der Waals surface area contributed by atoms with E-state index in [1.54, 1.807) is 0 Å². The monoisotopic (exact) mass is 468 g/mol. The van der Waals surface area contributed by atoms with Gasteiger partial charge in [-0.2, -0.15) is 8.42 Å². The molecule has 0 saturated heterocycles. The molecule has 9 atom stereocenters. The second kappa shape index (κ2) is 9.49. The van der Waals surface area contributed by atoms with E-state index in [9.17, 15) is 8.42 Å². The van der Waals surface area contributed by atoms with Crippen LogP contribution in [-0.2, 0) is 14.6 Å². The van der Waals surface area contributed by atoms with E-state index in [2.05, 4.69) is 25.0 Å². The van der Waals surface area contributed by atoms with Gasteiger partial charge in [-0.3, -0.25) is 4.55 Å². The van der Waals surface area contributed by atoms with Crippen LogP contribution in [0, 0.1) is 52.3 Å². The number of hydrogen-bond donors (Lipinski definition) is 1. The summed E-state index contributed by atoms with van der Waals surface area (Å²) in [6, 6.07) is 0. The van der Waals surface area contributed by atoms with Crippen LogP contribution in [-0.4, -0.2) is 19.6 Å². The molecule has 5 heteroatoms. The summed E-state index contributed by atoms with van der Waals surface area (Å²) in [7, 11) is -4.32. The van der Waals surface area contributed by atoms with Crippen LogP contribution in [0.25, 0.3) is 0 Å². The highest BCUT2D eigenvalue weighted by Crippen LogP contribution is 2.68. The van der Waals surface area contributed by atoms with Gasteiger partial charge in [-0.15, -0.1) is 0 Å². The Kier molecular flexibility index (Phi) is 7.41. The average Bonchev–Trinajstić information content (AvgIpc) is 3.08. The normalized spacial score (nSPS) is 43.7. The predicted octanol–water partition coefficient (Wildman–Crippen LogP) is 7.30. The summed E-state index contributed by atoms with van der Waals surface area (Å²) >= 11 is 0. The van der Waals surface area contributed by atoms with Gasteiger partial charge in [0.05, 0.1) is 6.61 Å². The molecule has 4 aliphatic rings. The molecular weight excluding hydrogens is 420 g/mol. The minimum absolute atomic E-state index is 0.0826. The lowest BCUT2D eigenvalue weighted by molar-refractivity contribution is -0.114. The second-order valence-electron chi connectivity index (χ2n) is 12.9. The van der Waals surface area contributed by atoms with Gasteiger partial charge < -0.3 is 0 Å². The number of fused-ring (bicyclic) bond motifs is 5. The maximum Gasteiger partial charge on any atom is 0.397 e. The van der Waals surface area contributed by atoms with Crippen molar-refractivity contribution in [1.82, 2.24) is 0 Å². The molecule has 4 nitrogen and oxygen atoms in total. The SMILES string of the molecule is CC(CCC[C@@H](C)[C@H]1CC[C@H]2[C@@H]3CCC4CCCC[C@]4(C)[C@H]3CC[C@]12C)COS(=O)(=O)O. The molecule has 0 spiro atoms. The average molecular weight is 469 g/mol. The molecule has 32 heavy (non-hydrogen) atoms. The molecule has 0 heterocycles. The van der Waals surface area contributed by atoms with E-state index in [1.165, 1.54) is 70.6 Å². The Morgan fingerprint density at radius 3 is 2.41 bits per heavy atom. The molecule has 0 aromatic carbocycles. The van der Waals surface area contributed by atoms with Crippen LogP contribution >= 0.6 is 0 Å². The molecule has 4 saturated carbocycles. The minimum atomic E-state index is -4.32. The lowest BCUT2D eigenvalue weighted by Gasteiger charge is -2.61. The maximum atomic E-state index is 10.8. The van der Waals surface area contributed by atoms with Gasteiger partial charge in [0.2, 0.25) is 0 Å². The first-order chi connectivity index (χ1) is 15.0. The van der Waals surface area contributed by atoms with Crippen molar-refractivity contribution >= 4 is 10.4 Å². The smallest absolute Gasteiger partial charge is 0.264 e. The van der Waals surface area contributed by atoms with Crippen molar-refractivity contribution in [2.24, 2.45) is 52.3 Å². The van der Waals surface area contributed by atoms with Gasteiger partial charge in [-0.25, -0.2) is 4.18 Å². The van der Waals surface area contributed by atoms with Crippen molar-refractivity contribution < 1.29 is 17.2 Å². The molecule has 4 aliphatic carbocycles. The summed E-state index contributed by atoms with van der Waals surface area (Å²) in [5, 5.41) is 0. The molecule has 0 amide bonds. The molecule has 0 bridgehead atoms. The zero-order valence-corrected chi connectivity index (χ0v) is 21.8. The topological polar surface area (TPSA) is 63.6 Å². The Morgan fingerprint density at radius 2 is 1.66 bits per heavy atom. The first-order valence-corrected chi connectivity index (χ1v) is 15.0. The van der Waals surface area contributed by atoms with Crippen LogP contribution < -0.4 is 0 Å². The molecule has 2 unspecified atom stereocenters. The number of rotatable bonds is 8. The Balaban J connectivity index is 1.33. The zero-order valence-electron chi connectivity index (χ0n) is 21.0. The fraction of sp³-hybridized carbons (Fsp3) is 1.00. The lowest BCUT2D eigenvalue weighted by atomic mass is 9.44. The van der Waals surface area contributed by atoms with Gasteiger partial charge in [0.15, 0.2) is 0 Å². The number of hydrogen-bond acceptors (Lipinski definition) is 3. The van der Waals surface area contributed by atoms with Gasteiger partial charge >= 0.3 is 10.4 Å². The summed E-state index contributed by atoms with van der Waals surface area (Å²) in [5.41, 5.74) is 1.16. The molecule has 0 aliphatic heterocycles. The Labute approximate surface area is 197 Å². The second-order valence-corrected chi connectivity index (χ2v) is 13.9.